The number of carbonyl (C=O) groups is 2. The molecule has 3 fully saturated rings. The lowest BCUT2D eigenvalue weighted by atomic mass is 9.76. The highest BCUT2D eigenvalue weighted by molar-refractivity contribution is 5.82. The quantitative estimate of drug-likeness (QED) is 0.711. The third-order valence-electron chi connectivity index (χ3n) is 7.17. The third kappa shape index (κ3) is 3.49. The predicted octanol–water partition coefficient (Wildman–Crippen LogP) is 1.27. The van der Waals surface area contributed by atoms with Crippen molar-refractivity contribution in [2.24, 2.45) is 11.8 Å². The van der Waals surface area contributed by atoms with Crippen LogP contribution >= 0.6 is 0 Å². The van der Waals surface area contributed by atoms with Gasteiger partial charge in [0.15, 0.2) is 11.5 Å². The molecule has 1 aromatic heterocycles. The van der Waals surface area contributed by atoms with Crippen LogP contribution in [0.3, 0.4) is 0 Å². The van der Waals surface area contributed by atoms with Gasteiger partial charge in [0.05, 0.1) is 31.4 Å². The average Bonchev–Trinajstić information content (AvgIpc) is 2.80. The Morgan fingerprint density at radius 3 is 2.69 bits per heavy atom. The number of likely N-dealkylation sites (tertiary alicyclic amines) is 1. The number of nitrogens with zero attached hydrogens (tertiary/aromatic N) is 4. The van der Waals surface area contributed by atoms with Crippen LogP contribution in [0.4, 0.5) is 0 Å². The lowest BCUT2D eigenvalue weighted by Crippen LogP contribution is -2.61. The van der Waals surface area contributed by atoms with Crippen molar-refractivity contribution in [1.82, 2.24) is 19.4 Å². The lowest BCUT2D eigenvalue weighted by Gasteiger charge is -2.52. The maximum Gasteiger partial charge on any atom is 0.261 e. The molecular weight excluding hydrogens is 412 g/mol. The van der Waals surface area contributed by atoms with Gasteiger partial charge in [-0.25, -0.2) is 4.98 Å². The van der Waals surface area contributed by atoms with Crippen LogP contribution in [0.15, 0.2) is 23.3 Å². The van der Waals surface area contributed by atoms with E-state index in [1.54, 1.807) is 12.1 Å². The van der Waals surface area contributed by atoms with Crippen molar-refractivity contribution in [1.29, 1.82) is 0 Å². The van der Waals surface area contributed by atoms with E-state index in [-0.39, 0.29) is 30.0 Å². The number of piperidine rings is 3. The van der Waals surface area contributed by atoms with Crippen molar-refractivity contribution in [2.45, 2.75) is 38.3 Å². The van der Waals surface area contributed by atoms with Gasteiger partial charge >= 0.3 is 0 Å². The molecule has 4 heterocycles. The van der Waals surface area contributed by atoms with Crippen LogP contribution in [-0.2, 0) is 16.1 Å². The summed E-state index contributed by atoms with van der Waals surface area (Å²) in [5.74, 6) is 1.74. The van der Waals surface area contributed by atoms with E-state index in [1.165, 1.54) is 25.1 Å². The molecule has 2 amide bonds. The summed E-state index contributed by atoms with van der Waals surface area (Å²) in [7, 11) is 3.04. The van der Waals surface area contributed by atoms with Gasteiger partial charge in [0.25, 0.3) is 5.56 Å². The van der Waals surface area contributed by atoms with Crippen LogP contribution in [0.2, 0.25) is 0 Å². The van der Waals surface area contributed by atoms with Gasteiger partial charge in [-0.3, -0.25) is 19.0 Å². The molecule has 2 aromatic rings. The molecular formula is C23H28N4O5. The standard InChI is InChI=1S/C23H28N4O5/c1-31-19-7-16-17(8-20(19)32-2)24-13-26(23(16)30)12-22(29)25-9-14-6-15(11-25)18-4-3-5-21(28)27(18)10-14/h7-8,13-15,18H,3-6,9-12H2,1-2H3. The Labute approximate surface area is 185 Å². The number of methoxy groups -OCH3 is 2. The zero-order valence-corrected chi connectivity index (χ0v) is 18.5. The first-order valence-electron chi connectivity index (χ1n) is 11.2. The number of rotatable bonds is 4. The second-order valence-electron chi connectivity index (χ2n) is 9.07. The molecule has 32 heavy (non-hydrogen) atoms. The van der Waals surface area contributed by atoms with E-state index < -0.39 is 0 Å². The average molecular weight is 441 g/mol. The molecule has 3 saturated heterocycles. The molecule has 9 nitrogen and oxygen atoms in total. The van der Waals surface area contributed by atoms with Gasteiger partial charge in [0, 0.05) is 38.2 Å². The monoisotopic (exact) mass is 440 g/mol. The molecule has 170 valence electrons. The summed E-state index contributed by atoms with van der Waals surface area (Å²) < 4.78 is 11.9. The molecule has 3 unspecified atom stereocenters. The maximum absolute atomic E-state index is 13.1. The molecule has 0 radical (unpaired) electrons. The number of carbonyl (C=O) groups excluding carboxylic acids is 2. The van der Waals surface area contributed by atoms with Crippen molar-refractivity contribution in [3.8, 4) is 11.5 Å². The maximum atomic E-state index is 13.1. The molecule has 9 heteroatoms. The normalized spacial score (nSPS) is 24.9. The van der Waals surface area contributed by atoms with Crippen LogP contribution in [0.5, 0.6) is 11.5 Å². The molecule has 5 rings (SSSR count). The molecule has 3 aliphatic rings. The molecule has 2 bridgehead atoms. The number of fused-ring (bicyclic) bond motifs is 5. The summed E-state index contributed by atoms with van der Waals surface area (Å²) in [6, 6.07) is 3.51. The zero-order valence-electron chi connectivity index (χ0n) is 18.5. The smallest absolute Gasteiger partial charge is 0.261 e. The highest BCUT2D eigenvalue weighted by atomic mass is 16.5. The van der Waals surface area contributed by atoms with E-state index >= 15 is 0 Å². The van der Waals surface area contributed by atoms with Crippen molar-refractivity contribution in [3.05, 3.63) is 28.8 Å². The van der Waals surface area contributed by atoms with Gasteiger partial charge in [-0.2, -0.15) is 0 Å². The Morgan fingerprint density at radius 2 is 1.91 bits per heavy atom. The number of amides is 2. The molecule has 1 aromatic carbocycles. The van der Waals surface area contributed by atoms with Gasteiger partial charge < -0.3 is 19.3 Å². The number of hydrogen-bond donors (Lipinski definition) is 0. The second kappa shape index (κ2) is 8.11. The molecule has 0 aliphatic carbocycles. The van der Waals surface area contributed by atoms with Crippen molar-refractivity contribution in [2.75, 3.05) is 33.9 Å². The van der Waals surface area contributed by atoms with E-state index in [1.807, 2.05) is 4.90 Å². The SMILES string of the molecule is COc1cc2ncn(CC(=O)N3CC4CC(C3)C3CCCC(=O)N3C4)c(=O)c2cc1OC. The zero-order chi connectivity index (χ0) is 22.4. The predicted molar refractivity (Wildman–Crippen MR) is 117 cm³/mol. The first-order valence-corrected chi connectivity index (χ1v) is 11.2. The number of benzene rings is 1. The minimum Gasteiger partial charge on any atom is -0.493 e. The van der Waals surface area contributed by atoms with E-state index in [0.717, 1.165) is 25.8 Å². The summed E-state index contributed by atoms with van der Waals surface area (Å²) in [5.41, 5.74) is 0.205. The molecule has 3 aliphatic heterocycles. The van der Waals surface area contributed by atoms with Gasteiger partial charge in [-0.05, 0) is 37.2 Å². The fraction of sp³-hybridized carbons (Fsp3) is 0.565. The van der Waals surface area contributed by atoms with E-state index in [0.29, 0.717) is 53.7 Å². The Balaban J connectivity index is 1.36. The number of ether oxygens (including phenoxy) is 2. The highest BCUT2D eigenvalue weighted by Crippen LogP contribution is 2.38. The van der Waals surface area contributed by atoms with Crippen LogP contribution in [0.25, 0.3) is 10.9 Å². The van der Waals surface area contributed by atoms with E-state index in [4.69, 9.17) is 9.47 Å². The van der Waals surface area contributed by atoms with E-state index in [2.05, 4.69) is 9.88 Å². The summed E-state index contributed by atoms with van der Waals surface area (Å²) in [6.07, 6.45) is 5.08. The molecule has 0 spiro atoms. The fourth-order valence-corrected chi connectivity index (χ4v) is 5.66. The Bertz CT molecular complexity index is 1130. The van der Waals surface area contributed by atoms with Gasteiger partial charge in [0.1, 0.15) is 6.54 Å². The summed E-state index contributed by atoms with van der Waals surface area (Å²) in [5, 5.41) is 0.379. The first-order chi connectivity index (χ1) is 15.5. The second-order valence-corrected chi connectivity index (χ2v) is 9.07. The minimum absolute atomic E-state index is 0.0527. The lowest BCUT2D eigenvalue weighted by molar-refractivity contribution is -0.149. The summed E-state index contributed by atoms with van der Waals surface area (Å²) in [4.78, 5) is 46.8. The highest BCUT2D eigenvalue weighted by Gasteiger charge is 2.44. The Morgan fingerprint density at radius 1 is 1.12 bits per heavy atom. The Kier molecular flexibility index (Phi) is 5.27. The molecule has 0 saturated carbocycles. The number of aromatic nitrogens is 2. The van der Waals surface area contributed by atoms with Crippen LogP contribution < -0.4 is 15.0 Å². The number of hydrogen-bond acceptors (Lipinski definition) is 6. The minimum atomic E-state index is -0.287. The van der Waals surface area contributed by atoms with Crippen molar-refractivity contribution < 1.29 is 19.1 Å². The van der Waals surface area contributed by atoms with Crippen LogP contribution in [0, 0.1) is 11.8 Å². The van der Waals surface area contributed by atoms with Gasteiger partial charge in [0.2, 0.25) is 11.8 Å². The third-order valence-corrected chi connectivity index (χ3v) is 7.17. The topological polar surface area (TPSA) is 94.0 Å². The van der Waals surface area contributed by atoms with Crippen LogP contribution in [0.1, 0.15) is 25.7 Å². The largest absolute Gasteiger partial charge is 0.493 e. The van der Waals surface area contributed by atoms with Gasteiger partial charge in [-0.1, -0.05) is 0 Å². The molecule has 3 atom stereocenters. The van der Waals surface area contributed by atoms with Crippen molar-refractivity contribution >= 4 is 22.7 Å². The van der Waals surface area contributed by atoms with E-state index in [9.17, 15) is 14.4 Å². The molecule has 0 N–H and O–H groups in total. The summed E-state index contributed by atoms with van der Waals surface area (Å²) >= 11 is 0. The summed E-state index contributed by atoms with van der Waals surface area (Å²) in [6.45, 7) is 1.96. The fourth-order valence-electron chi connectivity index (χ4n) is 5.66. The Hall–Kier alpha value is -3.10. The van der Waals surface area contributed by atoms with Crippen LogP contribution in [-0.4, -0.2) is 71.1 Å². The van der Waals surface area contributed by atoms with Gasteiger partial charge in [-0.15, -0.1) is 0 Å². The first kappa shape index (κ1) is 20.8. The van der Waals surface area contributed by atoms with Crippen molar-refractivity contribution in [3.63, 3.8) is 0 Å².